The van der Waals surface area contributed by atoms with Gasteiger partial charge in [0.15, 0.2) is 6.10 Å². The highest BCUT2D eigenvalue weighted by Gasteiger charge is 2.39. The molecule has 1 saturated heterocycles. The molecule has 0 aliphatic carbocycles. The van der Waals surface area contributed by atoms with Crippen LogP contribution in [0, 0.1) is 0 Å². The number of hydrogen-bond donors (Lipinski definition) is 4. The van der Waals surface area contributed by atoms with Gasteiger partial charge in [-0.2, -0.15) is 0 Å². The zero-order valence-electron chi connectivity index (χ0n) is 9.83. The van der Waals surface area contributed by atoms with Gasteiger partial charge in [-0.25, -0.2) is 0 Å². The van der Waals surface area contributed by atoms with Gasteiger partial charge in [-0.05, 0) is 12.8 Å². The van der Waals surface area contributed by atoms with E-state index in [1.807, 2.05) is 0 Å². The maximum absolute atomic E-state index is 11.6. The maximum atomic E-state index is 11.6. The Kier molecular flexibility index (Phi) is 5.84. The van der Waals surface area contributed by atoms with Crippen LogP contribution in [0.1, 0.15) is 25.7 Å². The first-order valence-corrected chi connectivity index (χ1v) is 6.01. The molecule has 17 heavy (non-hydrogen) atoms. The first-order valence-electron chi connectivity index (χ1n) is 6.01. The molecular formula is C11H21NO5. The molecule has 1 rings (SSSR count). The second kappa shape index (κ2) is 6.90. The Hall–Kier alpha value is -0.690. The van der Waals surface area contributed by atoms with E-state index in [-0.39, 0.29) is 13.2 Å². The Balaban J connectivity index is 2.30. The van der Waals surface area contributed by atoms with Crippen LogP contribution < -0.4 is 0 Å². The van der Waals surface area contributed by atoms with Crippen molar-refractivity contribution in [1.29, 1.82) is 0 Å². The number of unbranched alkanes of at least 4 members (excludes halogenated alkanes) is 3. The average molecular weight is 247 g/mol. The van der Waals surface area contributed by atoms with Crippen molar-refractivity contribution in [1.82, 2.24) is 4.90 Å². The predicted molar refractivity (Wildman–Crippen MR) is 60.2 cm³/mol. The lowest BCUT2D eigenvalue weighted by atomic mass is 10.0. The van der Waals surface area contributed by atoms with Crippen molar-refractivity contribution in [2.75, 3.05) is 19.7 Å². The maximum Gasteiger partial charge on any atom is 0.254 e. The molecule has 0 aromatic rings. The Labute approximate surface area is 100 Å². The highest BCUT2D eigenvalue weighted by molar-refractivity contribution is 5.82. The van der Waals surface area contributed by atoms with E-state index < -0.39 is 24.2 Å². The monoisotopic (exact) mass is 247 g/mol. The minimum atomic E-state index is -1.52. The lowest BCUT2D eigenvalue weighted by Crippen LogP contribution is -2.58. The molecule has 1 amide bonds. The van der Waals surface area contributed by atoms with Gasteiger partial charge in [0, 0.05) is 19.7 Å². The van der Waals surface area contributed by atoms with Gasteiger partial charge < -0.3 is 25.3 Å². The minimum absolute atomic E-state index is 0.0665. The summed E-state index contributed by atoms with van der Waals surface area (Å²) in [7, 11) is 0. The van der Waals surface area contributed by atoms with Gasteiger partial charge in [0.2, 0.25) is 0 Å². The number of carbonyl (C=O) groups excluding carboxylic acids is 1. The molecule has 1 heterocycles. The SMILES string of the molecule is O=C1[C@H](O)[C@H](O)[C@@H](O)CN1CCCCCCO. The van der Waals surface area contributed by atoms with Gasteiger partial charge in [0.05, 0.1) is 0 Å². The van der Waals surface area contributed by atoms with E-state index in [9.17, 15) is 20.1 Å². The van der Waals surface area contributed by atoms with E-state index in [1.165, 1.54) is 4.90 Å². The van der Waals surface area contributed by atoms with Crippen LogP contribution in [0.3, 0.4) is 0 Å². The Bertz CT molecular complexity index is 248. The summed E-state index contributed by atoms with van der Waals surface area (Å²) in [5, 5.41) is 36.7. The fraction of sp³-hybridized carbons (Fsp3) is 0.909. The third kappa shape index (κ3) is 3.92. The van der Waals surface area contributed by atoms with Crippen molar-refractivity contribution in [2.24, 2.45) is 0 Å². The van der Waals surface area contributed by atoms with Crippen LogP contribution in [0.5, 0.6) is 0 Å². The molecule has 0 unspecified atom stereocenters. The van der Waals surface area contributed by atoms with Gasteiger partial charge in [-0.3, -0.25) is 4.79 Å². The molecular weight excluding hydrogens is 226 g/mol. The van der Waals surface area contributed by atoms with Gasteiger partial charge >= 0.3 is 0 Å². The number of likely N-dealkylation sites (tertiary alicyclic amines) is 1. The summed E-state index contributed by atoms with van der Waals surface area (Å²) < 4.78 is 0. The molecule has 1 aliphatic rings. The van der Waals surface area contributed by atoms with E-state index in [0.717, 1.165) is 25.7 Å². The number of β-amino-alcohol motifs (C(OH)–C–C–N with tert-alkyl or cyclic N) is 1. The van der Waals surface area contributed by atoms with Crippen LogP contribution in [0.4, 0.5) is 0 Å². The lowest BCUT2D eigenvalue weighted by Gasteiger charge is -2.36. The molecule has 6 nitrogen and oxygen atoms in total. The van der Waals surface area contributed by atoms with E-state index in [1.54, 1.807) is 0 Å². The molecule has 100 valence electrons. The molecule has 4 N–H and O–H groups in total. The predicted octanol–water partition coefficient (Wildman–Crippen LogP) is -1.54. The number of amides is 1. The van der Waals surface area contributed by atoms with Gasteiger partial charge in [0.25, 0.3) is 5.91 Å². The molecule has 0 radical (unpaired) electrons. The van der Waals surface area contributed by atoms with E-state index in [2.05, 4.69) is 0 Å². The Morgan fingerprint density at radius 1 is 1.12 bits per heavy atom. The standard InChI is InChI=1S/C11H21NO5/c13-6-4-2-1-3-5-12-7-8(14)9(15)10(16)11(12)17/h8-10,13-16H,1-7H2/t8-,9+,10+/m0/s1. The summed E-state index contributed by atoms with van der Waals surface area (Å²) in [6, 6.07) is 0. The molecule has 0 bridgehead atoms. The van der Waals surface area contributed by atoms with Crippen LogP contribution in [0.15, 0.2) is 0 Å². The Morgan fingerprint density at radius 2 is 1.76 bits per heavy atom. The molecule has 0 saturated carbocycles. The van der Waals surface area contributed by atoms with Crippen molar-refractivity contribution in [3.63, 3.8) is 0 Å². The largest absolute Gasteiger partial charge is 0.396 e. The molecule has 0 spiro atoms. The van der Waals surface area contributed by atoms with Crippen LogP contribution in [0.25, 0.3) is 0 Å². The van der Waals surface area contributed by atoms with Crippen LogP contribution >= 0.6 is 0 Å². The normalized spacial score (nSPS) is 29.8. The van der Waals surface area contributed by atoms with Crippen LogP contribution in [-0.2, 0) is 4.79 Å². The smallest absolute Gasteiger partial charge is 0.254 e. The first-order chi connectivity index (χ1) is 8.07. The van der Waals surface area contributed by atoms with Crippen molar-refractivity contribution in [3.05, 3.63) is 0 Å². The van der Waals surface area contributed by atoms with Gasteiger partial charge in [0.1, 0.15) is 12.2 Å². The van der Waals surface area contributed by atoms with Crippen LogP contribution in [-0.4, -0.2) is 69.2 Å². The minimum Gasteiger partial charge on any atom is -0.396 e. The zero-order chi connectivity index (χ0) is 12.8. The first kappa shape index (κ1) is 14.4. The lowest BCUT2D eigenvalue weighted by molar-refractivity contribution is -0.165. The molecule has 6 heteroatoms. The summed E-state index contributed by atoms with van der Waals surface area (Å²) >= 11 is 0. The quantitative estimate of drug-likeness (QED) is 0.426. The zero-order valence-corrected chi connectivity index (χ0v) is 9.83. The summed E-state index contributed by atoms with van der Waals surface area (Å²) in [5.41, 5.74) is 0. The topological polar surface area (TPSA) is 101 Å². The number of aliphatic hydroxyl groups is 4. The number of piperidine rings is 1. The molecule has 3 atom stereocenters. The number of hydrogen-bond acceptors (Lipinski definition) is 5. The fourth-order valence-corrected chi connectivity index (χ4v) is 1.94. The molecule has 1 fully saturated rings. The highest BCUT2D eigenvalue weighted by Crippen LogP contribution is 2.14. The summed E-state index contributed by atoms with van der Waals surface area (Å²) in [6.07, 6.45) is -0.686. The van der Waals surface area contributed by atoms with E-state index in [4.69, 9.17) is 5.11 Å². The van der Waals surface area contributed by atoms with E-state index >= 15 is 0 Å². The molecule has 0 aromatic carbocycles. The van der Waals surface area contributed by atoms with Gasteiger partial charge in [-0.15, -0.1) is 0 Å². The fourth-order valence-electron chi connectivity index (χ4n) is 1.94. The van der Waals surface area contributed by atoms with Crippen LogP contribution in [0.2, 0.25) is 0 Å². The number of aliphatic hydroxyl groups excluding tert-OH is 4. The molecule has 1 aliphatic heterocycles. The van der Waals surface area contributed by atoms with Gasteiger partial charge in [-0.1, -0.05) is 12.8 Å². The average Bonchev–Trinajstić information content (AvgIpc) is 2.32. The third-order valence-electron chi connectivity index (χ3n) is 3.03. The van der Waals surface area contributed by atoms with E-state index in [0.29, 0.717) is 6.54 Å². The second-order valence-corrected chi connectivity index (χ2v) is 4.42. The van der Waals surface area contributed by atoms with Crippen molar-refractivity contribution < 1.29 is 25.2 Å². The van der Waals surface area contributed by atoms with Crippen molar-refractivity contribution in [3.8, 4) is 0 Å². The van der Waals surface area contributed by atoms with Crippen molar-refractivity contribution >= 4 is 5.91 Å². The summed E-state index contributed by atoms with van der Waals surface area (Å²) in [5.74, 6) is -0.523. The number of rotatable bonds is 6. The number of carbonyl (C=O) groups is 1. The van der Waals surface area contributed by atoms with Crippen molar-refractivity contribution in [2.45, 2.75) is 44.0 Å². The molecule has 0 aromatic heterocycles. The summed E-state index contributed by atoms with van der Waals surface area (Å²) in [6.45, 7) is 0.703. The second-order valence-electron chi connectivity index (χ2n) is 4.42. The Morgan fingerprint density at radius 3 is 2.41 bits per heavy atom. The summed E-state index contributed by atoms with van der Waals surface area (Å²) in [4.78, 5) is 12.9. The third-order valence-corrected chi connectivity index (χ3v) is 3.03. The number of nitrogens with zero attached hydrogens (tertiary/aromatic N) is 1. The highest BCUT2D eigenvalue weighted by atomic mass is 16.4.